The van der Waals surface area contributed by atoms with Gasteiger partial charge < -0.3 is 5.53 Å². The van der Waals surface area contributed by atoms with Gasteiger partial charge in [-0.1, -0.05) is 93.4 Å². The number of hydrogen-bond acceptors (Lipinski definition) is 0. The van der Waals surface area contributed by atoms with Crippen LogP contribution in [0.15, 0.2) is 35.9 Å². The first-order valence-electron chi connectivity index (χ1n) is 28.4. The maximum atomic E-state index is 11.5. The fraction of sp³-hybridized carbons (Fsp3) is 0.742. The number of hydrogen-bond donors (Lipinski definition) is 0. The molecule has 2 aromatic carbocycles. The average molecular weight is 938 g/mol. The van der Waals surface area contributed by atoms with Crippen LogP contribution < -0.4 is 0 Å². The fourth-order valence-electron chi connectivity index (χ4n) is 9.84. The van der Waals surface area contributed by atoms with Gasteiger partial charge >= 0.3 is 166 Å². The Labute approximate surface area is 412 Å². The zero-order valence-electron chi connectivity index (χ0n) is 44.8. The van der Waals surface area contributed by atoms with Crippen molar-refractivity contribution in [1.29, 1.82) is 0 Å². The van der Waals surface area contributed by atoms with Gasteiger partial charge in [0.2, 0.25) is 11.4 Å². The van der Waals surface area contributed by atoms with Crippen LogP contribution >= 0.6 is 0 Å². The van der Waals surface area contributed by atoms with E-state index in [0.29, 0.717) is 0 Å². The third kappa shape index (κ3) is 24.2. The van der Waals surface area contributed by atoms with Crippen molar-refractivity contribution < 1.29 is 19.1 Å². The Morgan fingerprint density at radius 3 is 0.985 bits per heavy atom. The molecule has 0 fully saturated rings. The molecule has 0 aliphatic carbocycles. The van der Waals surface area contributed by atoms with E-state index in [9.17, 15) is 5.53 Å². The normalized spacial score (nSPS) is 12.7. The van der Waals surface area contributed by atoms with Crippen molar-refractivity contribution in [2.45, 2.75) is 298 Å². The molecule has 0 aromatic heterocycles. The van der Waals surface area contributed by atoms with Gasteiger partial charge in [0.15, 0.2) is 0 Å². The Balaban J connectivity index is 0.000000447. The summed E-state index contributed by atoms with van der Waals surface area (Å²) in [5, 5.41) is 2.87. The Hall–Kier alpha value is -1.99. The van der Waals surface area contributed by atoms with Crippen LogP contribution in [0.2, 0.25) is 10.8 Å². The van der Waals surface area contributed by atoms with Crippen LogP contribution in [-0.2, 0) is 40.1 Å². The van der Waals surface area contributed by atoms with Crippen molar-refractivity contribution in [3.63, 3.8) is 0 Å². The summed E-state index contributed by atoms with van der Waals surface area (Å²) in [5.41, 5.74) is 25.2. The summed E-state index contributed by atoms with van der Waals surface area (Å²) >= 11 is 2.04. The first-order chi connectivity index (χ1) is 31.8. The second-order valence-corrected chi connectivity index (χ2v) is 21.2. The summed E-state index contributed by atoms with van der Waals surface area (Å²) in [6, 6.07) is 9.13. The minimum atomic E-state index is 0.909. The van der Waals surface area contributed by atoms with Crippen LogP contribution in [0.25, 0.3) is 16.9 Å². The average Bonchev–Trinajstić information content (AvgIpc) is 3.65. The SMILES string of the molecule is CCCCC1=C(c2cc(CC)c(C)c(CC)c2)[N+](=[N-])C(c2cc(CC)c(C)c(CC)c2)=C1.CCCCCCCCCCCCCCC[CH2][Ni][CH2]CCCCCCCCCCCCCCC. The second-order valence-electron chi connectivity index (χ2n) is 19.7. The van der Waals surface area contributed by atoms with Crippen LogP contribution in [0.1, 0.15) is 292 Å². The number of unbranched alkanes of at least 4 members (excludes halogenated alkanes) is 27. The molecule has 0 saturated heterocycles. The molecule has 0 amide bonds. The van der Waals surface area contributed by atoms with Crippen molar-refractivity contribution in [2.75, 3.05) is 0 Å². The van der Waals surface area contributed by atoms with Crippen molar-refractivity contribution in [3.8, 4) is 0 Å². The zero-order chi connectivity index (χ0) is 47.3. The molecule has 0 spiro atoms. The van der Waals surface area contributed by atoms with Crippen molar-refractivity contribution >= 4 is 11.4 Å². The van der Waals surface area contributed by atoms with Gasteiger partial charge in [0.05, 0.1) is 0 Å². The van der Waals surface area contributed by atoms with Crippen molar-refractivity contribution in [3.05, 3.63) is 86.0 Å². The predicted octanol–water partition coefficient (Wildman–Crippen LogP) is 21.4. The molecule has 3 heteroatoms. The standard InChI is InChI=1S/C30H40N2.2C16H33.Ni/c1-8-13-14-26-19-29(27-15-22(9-2)20(6)23(10-3)16-27)32(31)30(26)28-17-24(11-4)21(7)25(12-5)18-28;2*1-3-5-7-9-11-13-15-16-14-12-10-8-6-4-2;/h15-19H,8-14H2,1-7H3;2*1,3-16H2,2H3;. The van der Waals surface area contributed by atoms with E-state index in [-0.39, 0.29) is 0 Å². The molecule has 0 radical (unpaired) electrons. The summed E-state index contributed by atoms with van der Waals surface area (Å²) in [6.45, 7) is 20.2. The summed E-state index contributed by atoms with van der Waals surface area (Å²) in [5.74, 6) is 0. The number of allylic oxidation sites excluding steroid dienone is 2. The molecular weight excluding hydrogens is 831 g/mol. The van der Waals surface area contributed by atoms with E-state index >= 15 is 0 Å². The first kappa shape index (κ1) is 59.1. The Bertz CT molecular complexity index is 1520. The van der Waals surface area contributed by atoms with E-state index in [0.717, 1.165) is 67.5 Å². The van der Waals surface area contributed by atoms with Gasteiger partial charge in [-0.25, -0.2) is 4.70 Å². The van der Waals surface area contributed by atoms with Crippen LogP contribution in [0.3, 0.4) is 0 Å². The van der Waals surface area contributed by atoms with Crippen molar-refractivity contribution in [2.24, 2.45) is 0 Å². The quantitative estimate of drug-likeness (QED) is 0.0363. The fourth-order valence-corrected chi connectivity index (χ4v) is 11.1. The third-order valence-electron chi connectivity index (χ3n) is 14.3. The van der Waals surface area contributed by atoms with Crippen LogP contribution in [0.5, 0.6) is 0 Å². The minimum absolute atomic E-state index is 0.909. The molecule has 1 aliphatic heterocycles. The van der Waals surface area contributed by atoms with Crippen LogP contribution in [0.4, 0.5) is 0 Å². The van der Waals surface area contributed by atoms with E-state index < -0.39 is 0 Å². The molecule has 1 heterocycles. The Morgan fingerprint density at radius 1 is 0.385 bits per heavy atom. The van der Waals surface area contributed by atoms with Gasteiger partial charge in [-0.15, -0.1) is 0 Å². The first-order valence-corrected chi connectivity index (χ1v) is 29.8. The molecule has 1 aliphatic rings. The smallest absolute Gasteiger partial charge is 0.0654 e. The van der Waals surface area contributed by atoms with Gasteiger partial charge in [0.25, 0.3) is 0 Å². The molecule has 2 aromatic rings. The van der Waals surface area contributed by atoms with Gasteiger partial charge in [-0.2, -0.15) is 0 Å². The van der Waals surface area contributed by atoms with Crippen LogP contribution in [0, 0.1) is 13.8 Å². The molecule has 0 saturated carbocycles. The molecule has 2 nitrogen and oxygen atoms in total. The second kappa shape index (κ2) is 38.9. The third-order valence-corrected chi connectivity index (χ3v) is 15.7. The molecule has 0 N–H and O–H groups in total. The monoisotopic (exact) mass is 937 g/mol. The predicted molar refractivity (Wildman–Crippen MR) is 288 cm³/mol. The number of rotatable bonds is 39. The van der Waals surface area contributed by atoms with E-state index in [4.69, 9.17) is 0 Å². The zero-order valence-corrected chi connectivity index (χ0v) is 45.7. The van der Waals surface area contributed by atoms with Gasteiger partial charge in [-0.3, -0.25) is 0 Å². The molecule has 3 rings (SSSR count). The summed E-state index contributed by atoms with van der Waals surface area (Å²) in [6.07, 6.45) is 50.7. The van der Waals surface area contributed by atoms with E-state index in [2.05, 4.69) is 92.7 Å². The van der Waals surface area contributed by atoms with E-state index in [1.54, 1.807) is 0 Å². The Kier molecular flexibility index (Phi) is 35.4. The van der Waals surface area contributed by atoms with Crippen molar-refractivity contribution in [1.82, 2.24) is 0 Å². The maximum absolute atomic E-state index is 11.5. The number of nitrogens with zero attached hydrogens (tertiary/aromatic N) is 2. The summed E-state index contributed by atoms with van der Waals surface area (Å²) in [7, 11) is 0. The topological polar surface area (TPSA) is 25.3 Å². The molecule has 374 valence electrons. The molecule has 65 heavy (non-hydrogen) atoms. The van der Waals surface area contributed by atoms with E-state index in [1.165, 1.54) is 234 Å². The number of benzene rings is 2. The Morgan fingerprint density at radius 2 is 0.677 bits per heavy atom. The molecule has 0 bridgehead atoms. The molecular formula is C62H106N2Ni. The molecule has 0 unspecified atom stereocenters. The summed E-state index contributed by atoms with van der Waals surface area (Å²) in [4.78, 5) is 0. The summed E-state index contributed by atoms with van der Waals surface area (Å²) < 4.78 is 1.47. The minimum Gasteiger partial charge on any atom is -0.0654 e. The molecule has 0 atom stereocenters. The van der Waals surface area contributed by atoms with Gasteiger partial charge in [0.1, 0.15) is 0 Å². The number of aryl methyl sites for hydroxylation is 4. The van der Waals surface area contributed by atoms with Gasteiger partial charge in [0, 0.05) is 22.8 Å². The van der Waals surface area contributed by atoms with Crippen LogP contribution in [-0.4, -0.2) is 4.70 Å². The van der Waals surface area contributed by atoms with E-state index in [1.807, 2.05) is 14.4 Å². The van der Waals surface area contributed by atoms with Gasteiger partial charge in [-0.05, 0) is 110 Å².